The van der Waals surface area contributed by atoms with E-state index >= 15 is 0 Å². The van der Waals surface area contributed by atoms with Gasteiger partial charge in [0.1, 0.15) is 11.4 Å². The van der Waals surface area contributed by atoms with Gasteiger partial charge < -0.3 is 15.0 Å². The molecule has 1 amide bonds. The Morgan fingerprint density at radius 2 is 2.17 bits per heavy atom. The molecule has 1 aromatic carbocycles. The second-order valence-corrected chi connectivity index (χ2v) is 5.54. The molecule has 1 N–H and O–H groups in total. The quantitative estimate of drug-likeness (QED) is 0.939. The number of nitrogens with zero attached hydrogens (tertiary/aromatic N) is 3. The summed E-state index contributed by atoms with van der Waals surface area (Å²) in [7, 11) is 3.42. The molecule has 6 nitrogen and oxygen atoms in total. The van der Waals surface area contributed by atoms with Gasteiger partial charge >= 0.3 is 0 Å². The van der Waals surface area contributed by atoms with E-state index in [0.717, 1.165) is 23.4 Å². The van der Waals surface area contributed by atoms with Crippen LogP contribution < -0.4 is 10.1 Å². The number of aromatic nitrogens is 2. The molecule has 120 valence electrons. The van der Waals surface area contributed by atoms with Crippen LogP contribution in [0.4, 0.5) is 5.95 Å². The minimum Gasteiger partial charge on any atom is -0.496 e. The van der Waals surface area contributed by atoms with E-state index < -0.39 is 0 Å². The fourth-order valence-corrected chi connectivity index (χ4v) is 2.89. The van der Waals surface area contributed by atoms with Gasteiger partial charge in [-0.3, -0.25) is 4.79 Å². The first-order valence-electron chi connectivity index (χ1n) is 7.60. The van der Waals surface area contributed by atoms with Crippen molar-refractivity contribution in [2.75, 3.05) is 26.0 Å². The number of nitrogens with one attached hydrogen (secondary N) is 1. The molecule has 3 rings (SSSR count). The van der Waals surface area contributed by atoms with E-state index in [-0.39, 0.29) is 5.91 Å². The first kappa shape index (κ1) is 15.3. The summed E-state index contributed by atoms with van der Waals surface area (Å²) in [6.45, 7) is 3.09. The number of carbonyl (C=O) groups is 1. The smallest absolute Gasteiger partial charge is 0.272 e. The van der Waals surface area contributed by atoms with Gasteiger partial charge in [-0.25, -0.2) is 9.97 Å². The Morgan fingerprint density at radius 1 is 1.35 bits per heavy atom. The minimum atomic E-state index is -0.0690. The van der Waals surface area contributed by atoms with Gasteiger partial charge in [0, 0.05) is 31.4 Å². The summed E-state index contributed by atoms with van der Waals surface area (Å²) >= 11 is 0. The molecular weight excluding hydrogens is 292 g/mol. The Balaban J connectivity index is 1.86. The molecule has 2 aromatic rings. The number of carbonyl (C=O) groups excluding carboxylic acids is 1. The average Bonchev–Trinajstić information content (AvgIpc) is 2.59. The van der Waals surface area contributed by atoms with Crippen molar-refractivity contribution >= 4 is 11.9 Å². The summed E-state index contributed by atoms with van der Waals surface area (Å²) in [4.78, 5) is 23.1. The van der Waals surface area contributed by atoms with Gasteiger partial charge in [0.25, 0.3) is 5.91 Å². The molecule has 6 heteroatoms. The molecular formula is C17H20N4O2. The summed E-state index contributed by atoms with van der Waals surface area (Å²) in [5.74, 6) is 1.29. The molecule has 0 spiro atoms. The van der Waals surface area contributed by atoms with Crippen molar-refractivity contribution in [3.05, 3.63) is 46.8 Å². The summed E-state index contributed by atoms with van der Waals surface area (Å²) < 4.78 is 5.41. The second kappa shape index (κ2) is 6.24. The average molecular weight is 312 g/mol. The van der Waals surface area contributed by atoms with Crippen LogP contribution in [-0.4, -0.2) is 41.5 Å². The zero-order valence-corrected chi connectivity index (χ0v) is 13.6. The third kappa shape index (κ3) is 2.97. The number of aryl methyl sites for hydroxylation is 1. The molecule has 0 fully saturated rings. The van der Waals surface area contributed by atoms with Gasteiger partial charge in [0.05, 0.1) is 7.11 Å². The first-order valence-corrected chi connectivity index (χ1v) is 7.60. The molecule has 0 radical (unpaired) electrons. The molecule has 0 aliphatic carbocycles. The lowest BCUT2D eigenvalue weighted by atomic mass is 9.98. The van der Waals surface area contributed by atoms with Crippen molar-refractivity contribution in [2.45, 2.75) is 19.9 Å². The second-order valence-electron chi connectivity index (χ2n) is 5.54. The maximum absolute atomic E-state index is 12.8. The Kier molecular flexibility index (Phi) is 4.14. The van der Waals surface area contributed by atoms with Crippen molar-refractivity contribution in [3.63, 3.8) is 0 Å². The lowest BCUT2D eigenvalue weighted by molar-refractivity contribution is 0.0727. The highest BCUT2D eigenvalue weighted by molar-refractivity contribution is 5.92. The van der Waals surface area contributed by atoms with E-state index in [1.807, 2.05) is 30.0 Å². The highest BCUT2D eigenvalue weighted by Gasteiger charge is 2.25. The molecule has 2 heterocycles. The Morgan fingerprint density at radius 3 is 2.91 bits per heavy atom. The molecule has 23 heavy (non-hydrogen) atoms. The van der Waals surface area contributed by atoms with E-state index in [1.54, 1.807) is 20.2 Å². The maximum atomic E-state index is 12.8. The van der Waals surface area contributed by atoms with Crippen LogP contribution in [0.5, 0.6) is 5.75 Å². The number of hydrogen-bond acceptors (Lipinski definition) is 5. The predicted octanol–water partition coefficient (Wildman–Crippen LogP) is 2.03. The molecule has 0 unspecified atom stereocenters. The molecule has 1 aromatic heterocycles. The van der Waals surface area contributed by atoms with E-state index in [1.165, 1.54) is 5.56 Å². The van der Waals surface area contributed by atoms with Crippen LogP contribution in [0.15, 0.2) is 24.3 Å². The van der Waals surface area contributed by atoms with Crippen molar-refractivity contribution in [1.82, 2.24) is 14.9 Å². The van der Waals surface area contributed by atoms with Crippen LogP contribution in [0.1, 0.15) is 27.3 Å². The zero-order valence-electron chi connectivity index (χ0n) is 13.6. The fourth-order valence-electron chi connectivity index (χ4n) is 2.89. The highest BCUT2D eigenvalue weighted by atomic mass is 16.5. The number of hydrogen-bond donors (Lipinski definition) is 1. The molecule has 0 bridgehead atoms. The number of fused-ring (bicyclic) bond motifs is 1. The number of benzene rings is 1. The van der Waals surface area contributed by atoms with Gasteiger partial charge in [-0.05, 0) is 31.0 Å². The van der Waals surface area contributed by atoms with E-state index in [4.69, 9.17) is 4.74 Å². The third-order valence-corrected chi connectivity index (χ3v) is 4.03. The van der Waals surface area contributed by atoms with E-state index in [2.05, 4.69) is 15.3 Å². The van der Waals surface area contributed by atoms with Crippen LogP contribution in [0.3, 0.4) is 0 Å². The van der Waals surface area contributed by atoms with Crippen LogP contribution in [0.25, 0.3) is 0 Å². The van der Waals surface area contributed by atoms with Gasteiger partial charge in [0.15, 0.2) is 0 Å². The van der Waals surface area contributed by atoms with Crippen LogP contribution in [0.2, 0.25) is 0 Å². The van der Waals surface area contributed by atoms with Gasteiger partial charge in [0.2, 0.25) is 5.95 Å². The number of rotatable bonds is 3. The number of methoxy groups -OCH3 is 1. The largest absolute Gasteiger partial charge is 0.496 e. The number of anilines is 1. The Labute approximate surface area is 135 Å². The van der Waals surface area contributed by atoms with Gasteiger partial charge in [-0.2, -0.15) is 0 Å². The number of ether oxygens (including phenoxy) is 1. The van der Waals surface area contributed by atoms with Crippen LogP contribution in [-0.2, 0) is 13.0 Å². The highest BCUT2D eigenvalue weighted by Crippen LogP contribution is 2.28. The predicted molar refractivity (Wildman–Crippen MR) is 87.8 cm³/mol. The van der Waals surface area contributed by atoms with Crippen molar-refractivity contribution in [3.8, 4) is 5.75 Å². The zero-order chi connectivity index (χ0) is 16.4. The van der Waals surface area contributed by atoms with Crippen LogP contribution in [0, 0.1) is 6.92 Å². The Bertz CT molecular complexity index is 745. The monoisotopic (exact) mass is 312 g/mol. The first-order chi connectivity index (χ1) is 11.1. The topological polar surface area (TPSA) is 67.4 Å². The van der Waals surface area contributed by atoms with Crippen molar-refractivity contribution < 1.29 is 9.53 Å². The van der Waals surface area contributed by atoms with E-state index in [0.29, 0.717) is 24.7 Å². The SMILES string of the molecule is CNc1nc(C)cc(C(=O)N2CCc3c(cccc3OC)C2)n1. The third-order valence-electron chi connectivity index (χ3n) is 4.03. The Hall–Kier alpha value is -2.63. The van der Waals surface area contributed by atoms with E-state index in [9.17, 15) is 4.79 Å². The lowest BCUT2D eigenvalue weighted by Gasteiger charge is -2.29. The molecule has 0 atom stereocenters. The standard InChI is InChI=1S/C17H20N4O2/c1-11-9-14(20-17(18-2)19-11)16(22)21-8-7-13-12(10-21)5-4-6-15(13)23-3/h4-6,9H,7-8,10H2,1-3H3,(H,18,19,20). The maximum Gasteiger partial charge on any atom is 0.272 e. The fraction of sp³-hybridized carbons (Fsp3) is 0.353. The minimum absolute atomic E-state index is 0.0690. The van der Waals surface area contributed by atoms with Crippen LogP contribution >= 0.6 is 0 Å². The normalized spacial score (nSPS) is 13.4. The van der Waals surface area contributed by atoms with Gasteiger partial charge in [-0.1, -0.05) is 12.1 Å². The lowest BCUT2D eigenvalue weighted by Crippen LogP contribution is -2.36. The number of amides is 1. The summed E-state index contributed by atoms with van der Waals surface area (Å²) in [5, 5.41) is 2.89. The van der Waals surface area contributed by atoms with Crippen molar-refractivity contribution in [1.29, 1.82) is 0 Å². The molecule has 1 aliphatic heterocycles. The summed E-state index contributed by atoms with van der Waals surface area (Å²) in [6.07, 6.45) is 0.786. The summed E-state index contributed by atoms with van der Waals surface area (Å²) in [6, 6.07) is 7.69. The molecule has 0 saturated heterocycles. The molecule has 1 aliphatic rings. The van der Waals surface area contributed by atoms with Gasteiger partial charge in [-0.15, -0.1) is 0 Å². The summed E-state index contributed by atoms with van der Waals surface area (Å²) in [5.41, 5.74) is 3.51. The molecule has 0 saturated carbocycles. The van der Waals surface area contributed by atoms with Crippen molar-refractivity contribution in [2.24, 2.45) is 0 Å².